The van der Waals surface area contributed by atoms with E-state index in [1.165, 1.54) is 12.5 Å². The summed E-state index contributed by atoms with van der Waals surface area (Å²) in [7, 11) is 0. The van der Waals surface area contributed by atoms with E-state index in [1.807, 2.05) is 54.6 Å². The van der Waals surface area contributed by atoms with Gasteiger partial charge in [-0.1, -0.05) is 59.7 Å². The van der Waals surface area contributed by atoms with Gasteiger partial charge in [0.25, 0.3) is 5.89 Å². The standard InChI is InChI=1S/C21H15N5O3/c27-16-12-14-8-4-5-9-15(14)17(13-6-2-1-3-7-13)23-18(16)24-21-26-25-20(29-21)19-22-10-11-28-19/h1-11,18H,12H2,(H,24,26). The molecule has 2 aromatic carbocycles. The summed E-state index contributed by atoms with van der Waals surface area (Å²) in [5.41, 5.74) is 3.52. The van der Waals surface area contributed by atoms with Crippen molar-refractivity contribution in [2.45, 2.75) is 12.6 Å². The second kappa shape index (κ2) is 7.16. The van der Waals surface area contributed by atoms with Gasteiger partial charge in [-0.3, -0.25) is 9.79 Å². The molecule has 0 amide bonds. The van der Waals surface area contributed by atoms with Gasteiger partial charge < -0.3 is 14.2 Å². The Bertz CT molecular complexity index is 1180. The largest absolute Gasteiger partial charge is 0.441 e. The van der Waals surface area contributed by atoms with Crippen LogP contribution in [0.1, 0.15) is 16.7 Å². The number of benzene rings is 2. The number of carbonyl (C=O) groups excluding carboxylic acids is 1. The van der Waals surface area contributed by atoms with Crippen molar-refractivity contribution in [3.8, 4) is 11.8 Å². The fraction of sp³-hybridized carbons (Fsp3) is 0.0952. The first kappa shape index (κ1) is 17.1. The molecule has 1 aliphatic rings. The van der Waals surface area contributed by atoms with E-state index in [9.17, 15) is 4.79 Å². The first-order valence-corrected chi connectivity index (χ1v) is 9.02. The van der Waals surface area contributed by atoms with Crippen molar-refractivity contribution >= 4 is 17.5 Å². The van der Waals surface area contributed by atoms with Crippen LogP contribution >= 0.6 is 0 Å². The van der Waals surface area contributed by atoms with Crippen molar-refractivity contribution in [1.82, 2.24) is 15.2 Å². The van der Waals surface area contributed by atoms with E-state index in [4.69, 9.17) is 13.8 Å². The number of aromatic nitrogens is 3. The van der Waals surface area contributed by atoms with Gasteiger partial charge in [0.1, 0.15) is 6.26 Å². The molecular formula is C21H15N5O3. The third kappa shape index (κ3) is 3.31. The molecular weight excluding hydrogens is 370 g/mol. The van der Waals surface area contributed by atoms with E-state index in [-0.39, 0.29) is 30.0 Å². The van der Waals surface area contributed by atoms with Gasteiger partial charge in [0.2, 0.25) is 0 Å². The van der Waals surface area contributed by atoms with Crippen LogP contribution in [0.2, 0.25) is 0 Å². The molecule has 0 saturated heterocycles. The van der Waals surface area contributed by atoms with E-state index in [1.54, 1.807) is 0 Å². The fourth-order valence-electron chi connectivity index (χ4n) is 3.21. The van der Waals surface area contributed by atoms with Gasteiger partial charge >= 0.3 is 11.9 Å². The molecule has 5 rings (SSSR count). The number of hydrogen-bond acceptors (Lipinski definition) is 8. The van der Waals surface area contributed by atoms with E-state index in [2.05, 4.69) is 20.5 Å². The number of nitrogens with one attached hydrogen (secondary N) is 1. The third-order valence-electron chi connectivity index (χ3n) is 4.55. The molecule has 8 nitrogen and oxygen atoms in total. The summed E-state index contributed by atoms with van der Waals surface area (Å²) >= 11 is 0. The molecule has 1 aliphatic heterocycles. The SMILES string of the molecule is O=C1Cc2ccccc2C(c2ccccc2)=NC1Nc1nnc(-c2ncco2)o1. The van der Waals surface area contributed by atoms with E-state index in [0.29, 0.717) is 0 Å². The zero-order valence-corrected chi connectivity index (χ0v) is 15.1. The Balaban J connectivity index is 1.52. The van der Waals surface area contributed by atoms with Crippen LogP contribution in [-0.2, 0) is 11.2 Å². The molecule has 142 valence electrons. The van der Waals surface area contributed by atoms with Crippen LogP contribution in [0.15, 0.2) is 80.9 Å². The smallest absolute Gasteiger partial charge is 0.317 e. The first-order chi connectivity index (χ1) is 14.3. The summed E-state index contributed by atoms with van der Waals surface area (Å²) in [5, 5.41) is 10.8. The van der Waals surface area contributed by atoms with E-state index in [0.717, 1.165) is 22.4 Å². The quantitative estimate of drug-likeness (QED) is 0.575. The number of fused-ring (bicyclic) bond motifs is 1. The van der Waals surface area contributed by atoms with Gasteiger partial charge in [0.15, 0.2) is 11.9 Å². The maximum Gasteiger partial charge on any atom is 0.317 e. The normalized spacial score (nSPS) is 16.1. The molecule has 8 heteroatoms. The zero-order chi connectivity index (χ0) is 19.6. The number of rotatable bonds is 4. The molecule has 4 aromatic rings. The van der Waals surface area contributed by atoms with Gasteiger partial charge in [-0.25, -0.2) is 4.98 Å². The highest BCUT2D eigenvalue weighted by Gasteiger charge is 2.27. The number of anilines is 1. The van der Waals surface area contributed by atoms with Crippen molar-refractivity contribution < 1.29 is 13.6 Å². The topological polar surface area (TPSA) is 106 Å². The monoisotopic (exact) mass is 385 g/mol. The lowest BCUT2D eigenvalue weighted by atomic mass is 9.96. The van der Waals surface area contributed by atoms with Crippen molar-refractivity contribution in [1.29, 1.82) is 0 Å². The Morgan fingerprint density at radius 2 is 1.79 bits per heavy atom. The lowest BCUT2D eigenvalue weighted by Gasteiger charge is -2.11. The maximum atomic E-state index is 12.9. The number of oxazole rings is 1. The maximum absolute atomic E-state index is 12.9. The molecule has 3 heterocycles. The van der Waals surface area contributed by atoms with Crippen molar-refractivity contribution in [2.24, 2.45) is 4.99 Å². The van der Waals surface area contributed by atoms with Crippen LogP contribution in [0.5, 0.6) is 0 Å². The Labute approximate surface area is 165 Å². The highest BCUT2D eigenvalue weighted by atomic mass is 16.4. The van der Waals surface area contributed by atoms with Crippen LogP contribution in [0, 0.1) is 0 Å². The molecule has 2 aromatic heterocycles. The minimum atomic E-state index is -0.865. The molecule has 1 atom stereocenters. The van der Waals surface area contributed by atoms with Crippen LogP contribution in [0.25, 0.3) is 11.8 Å². The lowest BCUT2D eigenvalue weighted by Crippen LogP contribution is -2.29. The van der Waals surface area contributed by atoms with Gasteiger partial charge in [-0.05, 0) is 5.56 Å². The molecule has 0 bridgehead atoms. The number of carbonyl (C=O) groups is 1. The summed E-state index contributed by atoms with van der Waals surface area (Å²) in [5.74, 6) is 0.229. The van der Waals surface area contributed by atoms with Gasteiger partial charge in [0.05, 0.1) is 11.9 Å². The number of Topliss-reactive ketones (excluding diaryl/α,β-unsaturated/α-hetero) is 1. The van der Waals surface area contributed by atoms with Gasteiger partial charge in [-0.15, -0.1) is 5.10 Å². The van der Waals surface area contributed by atoms with Crippen molar-refractivity contribution in [3.05, 3.63) is 83.7 Å². The Hall–Kier alpha value is -4.07. The second-order valence-electron chi connectivity index (χ2n) is 6.44. The molecule has 0 spiro atoms. The molecule has 1 N–H and O–H groups in total. The first-order valence-electron chi connectivity index (χ1n) is 9.02. The van der Waals surface area contributed by atoms with Crippen molar-refractivity contribution in [2.75, 3.05) is 5.32 Å². The lowest BCUT2D eigenvalue weighted by molar-refractivity contribution is -0.119. The zero-order valence-electron chi connectivity index (χ0n) is 15.1. The number of ketones is 1. The average Bonchev–Trinajstić information content (AvgIpc) is 3.42. The molecule has 1 unspecified atom stereocenters. The second-order valence-corrected chi connectivity index (χ2v) is 6.44. The molecule has 29 heavy (non-hydrogen) atoms. The Morgan fingerprint density at radius 3 is 2.62 bits per heavy atom. The van der Waals surface area contributed by atoms with Crippen LogP contribution in [0.3, 0.4) is 0 Å². The third-order valence-corrected chi connectivity index (χ3v) is 4.55. The Kier molecular flexibility index (Phi) is 4.21. The summed E-state index contributed by atoms with van der Waals surface area (Å²) in [6.07, 6.45) is 2.27. The highest BCUT2D eigenvalue weighted by Crippen LogP contribution is 2.23. The molecule has 0 radical (unpaired) electrons. The van der Waals surface area contributed by atoms with Gasteiger partial charge in [-0.2, -0.15) is 0 Å². The Morgan fingerprint density at radius 1 is 0.966 bits per heavy atom. The summed E-state index contributed by atoms with van der Waals surface area (Å²) in [4.78, 5) is 21.6. The van der Waals surface area contributed by atoms with Crippen LogP contribution in [-0.4, -0.2) is 32.8 Å². The van der Waals surface area contributed by atoms with E-state index < -0.39 is 6.17 Å². The van der Waals surface area contributed by atoms with Crippen molar-refractivity contribution in [3.63, 3.8) is 0 Å². The van der Waals surface area contributed by atoms with Crippen LogP contribution in [0.4, 0.5) is 6.01 Å². The molecule has 0 aliphatic carbocycles. The minimum absolute atomic E-state index is 0.0682. The average molecular weight is 385 g/mol. The summed E-state index contributed by atoms with van der Waals surface area (Å²) < 4.78 is 10.7. The fourth-order valence-corrected chi connectivity index (χ4v) is 3.21. The summed E-state index contributed by atoms with van der Waals surface area (Å²) in [6, 6.07) is 17.6. The minimum Gasteiger partial charge on any atom is -0.441 e. The number of nitrogens with zero attached hydrogens (tertiary/aromatic N) is 4. The molecule has 0 fully saturated rings. The van der Waals surface area contributed by atoms with Gasteiger partial charge in [0, 0.05) is 17.5 Å². The highest BCUT2D eigenvalue weighted by molar-refractivity contribution is 6.16. The predicted octanol–water partition coefficient (Wildman–Crippen LogP) is 3.13. The molecule has 0 saturated carbocycles. The number of hydrogen-bond donors (Lipinski definition) is 1. The predicted molar refractivity (Wildman–Crippen MR) is 104 cm³/mol. The summed E-state index contributed by atoms with van der Waals surface area (Å²) in [6.45, 7) is 0. The number of aliphatic imine (C=N–C) groups is 1. The van der Waals surface area contributed by atoms with E-state index >= 15 is 0 Å². The van der Waals surface area contributed by atoms with Crippen LogP contribution < -0.4 is 5.32 Å².